The van der Waals surface area contributed by atoms with E-state index in [4.69, 9.17) is 18.7 Å². The van der Waals surface area contributed by atoms with Gasteiger partial charge in [0.25, 0.3) is 5.56 Å². The van der Waals surface area contributed by atoms with Crippen molar-refractivity contribution in [2.24, 2.45) is 0 Å². The van der Waals surface area contributed by atoms with Crippen LogP contribution in [0.4, 0.5) is 13.2 Å². The number of alkyl halides is 3. The number of unbranched alkanes of at least 4 members (excludes halogenated alkanes) is 7. The first-order chi connectivity index (χ1) is 23.0. The maximum atomic E-state index is 13.9. The molecule has 3 aromatic rings. The summed E-state index contributed by atoms with van der Waals surface area (Å²) in [7, 11) is -3.94. The van der Waals surface area contributed by atoms with Crippen LogP contribution in [0, 0.1) is 6.92 Å². The van der Waals surface area contributed by atoms with E-state index in [0.29, 0.717) is 18.6 Å². The Morgan fingerprint density at radius 1 is 1.04 bits per heavy atom. The van der Waals surface area contributed by atoms with Crippen LogP contribution in [0.1, 0.15) is 69.6 Å². The summed E-state index contributed by atoms with van der Waals surface area (Å²) in [6.45, 7) is 1.68. The summed E-state index contributed by atoms with van der Waals surface area (Å²) in [6, 6.07) is 0. The zero-order chi connectivity index (χ0) is 34.6. The first-order valence-electron chi connectivity index (χ1n) is 15.5. The van der Waals surface area contributed by atoms with E-state index in [9.17, 15) is 32.1 Å². The third-order valence-corrected chi connectivity index (χ3v) is 9.43. The Labute approximate surface area is 272 Å². The second-order valence-electron chi connectivity index (χ2n) is 11.1. The van der Waals surface area contributed by atoms with Gasteiger partial charge >= 0.3 is 25.4 Å². The Morgan fingerprint density at radius 3 is 2.27 bits per heavy atom. The number of carbonyl (C=O) groups excluding carboxylic acids is 1. The van der Waals surface area contributed by atoms with Crippen molar-refractivity contribution in [2.75, 3.05) is 26.6 Å². The van der Waals surface area contributed by atoms with E-state index in [1.54, 1.807) is 6.92 Å². The molecule has 4 rings (SSSR count). The molecule has 1 amide bonds. The van der Waals surface area contributed by atoms with Gasteiger partial charge in [0.15, 0.2) is 0 Å². The number of nitrogens with one attached hydrogen (secondary N) is 2. The molecule has 3 aromatic heterocycles. The molecule has 48 heavy (non-hydrogen) atoms. The number of halogens is 3. The highest BCUT2D eigenvalue weighted by molar-refractivity contribution is 7.55. The maximum Gasteiger partial charge on any atom is 0.471 e. The molecule has 0 unspecified atom stereocenters. The number of carbonyl (C=O) groups is 1. The third kappa shape index (κ3) is 10.4. The van der Waals surface area contributed by atoms with Crippen molar-refractivity contribution in [1.82, 2.24) is 43.9 Å². The van der Waals surface area contributed by atoms with Gasteiger partial charge < -0.3 is 19.5 Å². The summed E-state index contributed by atoms with van der Waals surface area (Å²) in [5.74, 6) is -1.90. The highest BCUT2D eigenvalue weighted by atomic mass is 31.2. The zero-order valence-electron chi connectivity index (χ0n) is 26.3. The normalized spacial score (nSPS) is 18.4. The van der Waals surface area contributed by atoms with Crippen LogP contribution in [0.2, 0.25) is 0 Å². The monoisotopic (exact) mass is 705 g/mol. The molecular formula is C27H39F3N9O8P. The molecule has 1 fully saturated rings. The van der Waals surface area contributed by atoms with Crippen molar-refractivity contribution in [3.8, 4) is 0 Å². The van der Waals surface area contributed by atoms with E-state index in [1.807, 2.05) is 5.32 Å². The van der Waals surface area contributed by atoms with Gasteiger partial charge in [0.2, 0.25) is 0 Å². The van der Waals surface area contributed by atoms with Crippen molar-refractivity contribution in [3.05, 3.63) is 57.9 Å². The van der Waals surface area contributed by atoms with Crippen LogP contribution in [0.3, 0.4) is 0 Å². The molecule has 0 radical (unpaired) electrons. The molecule has 0 saturated carbocycles. The molecule has 1 saturated heterocycles. The predicted molar refractivity (Wildman–Crippen MR) is 161 cm³/mol. The molecule has 1 aliphatic heterocycles. The van der Waals surface area contributed by atoms with Crippen LogP contribution in [0.5, 0.6) is 0 Å². The van der Waals surface area contributed by atoms with Crippen LogP contribution in [-0.4, -0.2) is 89.5 Å². The number of amides is 1. The Bertz CT molecular complexity index is 1550. The quantitative estimate of drug-likeness (QED) is 0.0991. The smallest absolute Gasteiger partial charge is 0.355 e. The first-order valence-corrected chi connectivity index (χ1v) is 17.0. The Morgan fingerprint density at radius 2 is 1.67 bits per heavy atom. The van der Waals surface area contributed by atoms with Crippen molar-refractivity contribution < 1.29 is 41.3 Å². The Hall–Kier alpha value is -3.71. The fourth-order valence-corrected chi connectivity index (χ4v) is 6.43. The van der Waals surface area contributed by atoms with Crippen LogP contribution < -0.4 is 16.6 Å². The largest absolute Gasteiger partial charge is 0.471 e. The lowest BCUT2D eigenvalue weighted by Gasteiger charge is -2.22. The summed E-state index contributed by atoms with van der Waals surface area (Å²) < 4.78 is 77.3. The summed E-state index contributed by atoms with van der Waals surface area (Å²) >= 11 is 0. The van der Waals surface area contributed by atoms with E-state index in [2.05, 4.69) is 25.1 Å². The van der Waals surface area contributed by atoms with E-state index < -0.39 is 49.4 Å². The van der Waals surface area contributed by atoms with Gasteiger partial charge in [-0.05, 0) is 19.8 Å². The van der Waals surface area contributed by atoms with Crippen LogP contribution in [0.25, 0.3) is 0 Å². The van der Waals surface area contributed by atoms with Crippen LogP contribution in [-0.2, 0) is 28.1 Å². The number of rotatable bonds is 20. The van der Waals surface area contributed by atoms with Crippen molar-refractivity contribution >= 4 is 13.6 Å². The fourth-order valence-electron chi connectivity index (χ4n) is 4.93. The second kappa shape index (κ2) is 17.6. The molecule has 0 bridgehead atoms. The number of hydrogen-bond acceptors (Lipinski definition) is 12. The lowest BCUT2D eigenvalue weighted by molar-refractivity contribution is -0.173. The number of aromatic amines is 1. The number of hydrogen-bond donors (Lipinski definition) is 2. The second-order valence-corrected chi connectivity index (χ2v) is 13.1. The minimum atomic E-state index is -4.85. The van der Waals surface area contributed by atoms with Gasteiger partial charge in [0, 0.05) is 31.3 Å². The van der Waals surface area contributed by atoms with Gasteiger partial charge in [0.1, 0.15) is 44.4 Å². The molecule has 4 heterocycles. The zero-order valence-corrected chi connectivity index (χ0v) is 27.2. The molecule has 17 nitrogen and oxygen atoms in total. The molecule has 0 aliphatic carbocycles. The van der Waals surface area contributed by atoms with E-state index in [0.717, 1.165) is 53.9 Å². The minimum Gasteiger partial charge on any atom is -0.355 e. The molecule has 266 valence electrons. The van der Waals surface area contributed by atoms with Gasteiger partial charge in [-0.15, -0.1) is 0 Å². The van der Waals surface area contributed by atoms with Crippen molar-refractivity contribution in [2.45, 2.75) is 89.3 Å². The van der Waals surface area contributed by atoms with Gasteiger partial charge in [0.05, 0.1) is 12.7 Å². The molecule has 3 atom stereocenters. The van der Waals surface area contributed by atoms with Gasteiger partial charge in [-0.1, -0.05) is 38.5 Å². The van der Waals surface area contributed by atoms with Gasteiger partial charge in [-0.25, -0.2) is 19.3 Å². The summed E-state index contributed by atoms with van der Waals surface area (Å²) in [5.41, 5.74) is -0.848. The number of aryl methyl sites for hydroxylation is 1. The summed E-state index contributed by atoms with van der Waals surface area (Å²) in [6.07, 6.45) is 6.04. The highest BCUT2D eigenvalue weighted by Crippen LogP contribution is 2.48. The van der Waals surface area contributed by atoms with Gasteiger partial charge in [-0.2, -0.15) is 32.3 Å². The standard InChI is InChI=1S/C27H39F3N9O8P/c1-20-13-37(26(42)36-24(20)40)23-12-21(22(47-23)14-46-48(43,38-17-31-15-34-38)39-18-32-16-35-39)45-19-44-11-9-7-5-3-2-4-6-8-10-33-25(41)27(28,29)30/h13,15-18,21-23H,2-12,14,19H2,1H3,(H,33,41)(H,36,40,42)/t21-,22+,23+/m0/s1. The Balaban J connectivity index is 1.21. The van der Waals surface area contributed by atoms with Crippen molar-refractivity contribution in [1.29, 1.82) is 0 Å². The lowest BCUT2D eigenvalue weighted by atomic mass is 10.1. The van der Waals surface area contributed by atoms with Crippen LogP contribution >= 0.6 is 7.67 Å². The van der Waals surface area contributed by atoms with E-state index >= 15 is 0 Å². The van der Waals surface area contributed by atoms with Crippen molar-refractivity contribution in [3.63, 3.8) is 0 Å². The molecule has 2 N–H and O–H groups in total. The highest BCUT2D eigenvalue weighted by Gasteiger charge is 2.41. The maximum absolute atomic E-state index is 13.9. The van der Waals surface area contributed by atoms with E-state index in [1.165, 1.54) is 36.1 Å². The number of nitrogens with zero attached hydrogens (tertiary/aromatic N) is 7. The molecule has 0 spiro atoms. The molecule has 0 aromatic carbocycles. The van der Waals surface area contributed by atoms with E-state index in [-0.39, 0.29) is 26.4 Å². The molecular weight excluding hydrogens is 666 g/mol. The summed E-state index contributed by atoms with van der Waals surface area (Å²) in [5, 5.41) is 9.75. The predicted octanol–water partition coefficient (Wildman–Crippen LogP) is 2.70. The lowest BCUT2D eigenvalue weighted by Crippen LogP contribution is -2.37. The minimum absolute atomic E-state index is 0.0112. The average molecular weight is 706 g/mol. The van der Waals surface area contributed by atoms with Crippen LogP contribution in [0.15, 0.2) is 41.1 Å². The number of aromatic nitrogens is 8. The topological polar surface area (TPSA) is 199 Å². The summed E-state index contributed by atoms with van der Waals surface area (Å²) in [4.78, 5) is 45.2. The van der Waals surface area contributed by atoms with Gasteiger partial charge in [-0.3, -0.25) is 23.7 Å². The SMILES string of the molecule is Cc1cn([C@H]2C[C@H](OCOCCCCCCCCCCNC(=O)C(F)(F)F)[C@@H](COP(=O)(n3cncn3)n3cncn3)O2)c(=O)[nH]c1=O. The third-order valence-electron chi connectivity index (χ3n) is 7.50. The fraction of sp³-hybridized carbons (Fsp3) is 0.667. The number of H-pyrrole nitrogens is 1. The average Bonchev–Trinajstić information content (AvgIpc) is 3.85. The molecule has 1 aliphatic rings. The number of ether oxygens (including phenoxy) is 3. The molecule has 21 heteroatoms. The first kappa shape index (κ1) is 37.1. The Kier molecular flexibility index (Phi) is 13.6.